The summed E-state index contributed by atoms with van der Waals surface area (Å²) in [7, 11) is -1.51. The van der Waals surface area contributed by atoms with Gasteiger partial charge >= 0.3 is 13.2 Å². The fourth-order valence-electron chi connectivity index (χ4n) is 2.60. The second-order valence-electron chi connectivity index (χ2n) is 6.61. The van der Waals surface area contributed by atoms with Crippen molar-refractivity contribution in [3.8, 4) is 0 Å². The van der Waals surface area contributed by atoms with E-state index in [4.69, 9.17) is 4.74 Å². The normalized spacial score (nSPS) is 17.9. The van der Waals surface area contributed by atoms with Crippen LogP contribution < -0.4 is 15.3 Å². The fourth-order valence-corrected chi connectivity index (χ4v) is 2.60. The summed E-state index contributed by atoms with van der Waals surface area (Å²) in [4.78, 5) is 12.8. The van der Waals surface area contributed by atoms with Gasteiger partial charge in [0.1, 0.15) is 24.4 Å². The molecule has 6 nitrogen and oxygen atoms in total. The number of nitrogens with one attached hydrogen (secondary N) is 1. The van der Waals surface area contributed by atoms with Crippen LogP contribution in [0.5, 0.6) is 0 Å². The maximum Gasteiger partial charge on any atom is 0.521 e. The predicted molar refractivity (Wildman–Crippen MR) is 86.9 cm³/mol. The lowest BCUT2D eigenvalue weighted by Crippen LogP contribution is -2.64. The first-order valence-corrected chi connectivity index (χ1v) is 7.53. The summed E-state index contributed by atoms with van der Waals surface area (Å²) in [6.45, 7) is 8.23. The van der Waals surface area contributed by atoms with E-state index in [2.05, 4.69) is 5.32 Å². The first-order valence-electron chi connectivity index (χ1n) is 7.53. The lowest BCUT2D eigenvalue weighted by Gasteiger charge is -2.38. The van der Waals surface area contributed by atoms with Gasteiger partial charge in [-0.3, -0.25) is 0 Å². The molecule has 0 atom stereocenters. The van der Waals surface area contributed by atoms with E-state index >= 15 is 0 Å². The number of rotatable bonds is 2. The van der Waals surface area contributed by atoms with E-state index in [1.54, 1.807) is 24.3 Å². The van der Waals surface area contributed by atoms with Crippen molar-refractivity contribution in [3.63, 3.8) is 0 Å². The van der Waals surface area contributed by atoms with Crippen molar-refractivity contribution >= 4 is 24.4 Å². The summed E-state index contributed by atoms with van der Waals surface area (Å²) in [5.74, 6) is 0. The second kappa shape index (κ2) is 6.38. The number of piperazine rings is 1. The molecule has 2 rings (SSSR count). The molecule has 120 valence electrons. The van der Waals surface area contributed by atoms with E-state index < -0.39 is 12.7 Å². The third-order valence-corrected chi connectivity index (χ3v) is 3.77. The minimum absolute atomic E-state index is 0.117. The molecule has 0 aliphatic carbocycles. The highest BCUT2D eigenvalue weighted by atomic mass is 16.6. The molecule has 3 N–H and O–H groups in total. The molecule has 1 saturated heterocycles. The molecule has 0 spiro atoms. The topological polar surface area (TPSA) is 78.8 Å². The molecule has 1 heterocycles. The number of amides is 1. The molecule has 0 aromatic heterocycles. The SMILES string of the molecule is CC(C)(C)OC(=O)[N+]1(c2ccc(B(O)O)cc2)CCNCC1. The quantitative estimate of drug-likeness (QED) is 0.538. The summed E-state index contributed by atoms with van der Waals surface area (Å²) in [6.07, 6.45) is -0.272. The average molecular weight is 307 g/mol. The number of ether oxygens (including phenoxy) is 1. The molecule has 1 fully saturated rings. The third kappa shape index (κ3) is 3.67. The molecule has 1 aliphatic heterocycles. The van der Waals surface area contributed by atoms with Crippen molar-refractivity contribution in [2.75, 3.05) is 26.2 Å². The minimum atomic E-state index is -1.51. The Kier molecular flexibility index (Phi) is 4.92. The number of carbonyl (C=O) groups excluding carboxylic acids is 1. The smallest absolute Gasteiger partial charge is 0.423 e. The van der Waals surface area contributed by atoms with Gasteiger partial charge in [-0.15, -0.1) is 0 Å². The largest absolute Gasteiger partial charge is 0.521 e. The lowest BCUT2D eigenvalue weighted by molar-refractivity contribution is 0.0241. The Hall–Kier alpha value is -1.41. The van der Waals surface area contributed by atoms with Gasteiger partial charge in [-0.05, 0) is 38.4 Å². The Morgan fingerprint density at radius 2 is 1.73 bits per heavy atom. The Labute approximate surface area is 131 Å². The van der Waals surface area contributed by atoms with E-state index in [-0.39, 0.29) is 10.6 Å². The fraction of sp³-hybridized carbons (Fsp3) is 0.533. The van der Waals surface area contributed by atoms with Gasteiger partial charge in [0.2, 0.25) is 0 Å². The van der Waals surface area contributed by atoms with E-state index in [0.29, 0.717) is 18.6 Å². The van der Waals surface area contributed by atoms with Gasteiger partial charge in [0.05, 0.1) is 0 Å². The summed E-state index contributed by atoms with van der Waals surface area (Å²) in [5, 5.41) is 21.7. The predicted octanol–water partition coefficient (Wildman–Crippen LogP) is 0.212. The molecule has 0 bridgehead atoms. The van der Waals surface area contributed by atoms with Gasteiger partial charge < -0.3 is 20.1 Å². The average Bonchev–Trinajstić information content (AvgIpc) is 2.46. The van der Waals surface area contributed by atoms with Gasteiger partial charge in [-0.1, -0.05) is 12.1 Å². The van der Waals surface area contributed by atoms with E-state index in [0.717, 1.165) is 18.8 Å². The van der Waals surface area contributed by atoms with Crippen LogP contribution in [0.15, 0.2) is 24.3 Å². The monoisotopic (exact) mass is 307 g/mol. The van der Waals surface area contributed by atoms with Gasteiger partial charge in [0.15, 0.2) is 0 Å². The van der Waals surface area contributed by atoms with E-state index in [9.17, 15) is 14.8 Å². The Morgan fingerprint density at radius 1 is 1.18 bits per heavy atom. The molecule has 0 saturated carbocycles. The third-order valence-electron chi connectivity index (χ3n) is 3.77. The molecule has 22 heavy (non-hydrogen) atoms. The molecular formula is C15H24BN2O4+. The molecule has 1 amide bonds. The van der Waals surface area contributed by atoms with Crippen molar-refractivity contribution in [3.05, 3.63) is 24.3 Å². The zero-order valence-electron chi connectivity index (χ0n) is 13.4. The van der Waals surface area contributed by atoms with Crippen LogP contribution in [0.1, 0.15) is 20.8 Å². The summed E-state index contributed by atoms with van der Waals surface area (Å²) >= 11 is 0. The van der Waals surface area contributed by atoms with Crippen LogP contribution in [0.4, 0.5) is 10.5 Å². The number of benzene rings is 1. The van der Waals surface area contributed by atoms with E-state index in [1.165, 1.54) is 0 Å². The number of hydrogen-bond acceptors (Lipinski definition) is 5. The number of carbonyl (C=O) groups is 1. The van der Waals surface area contributed by atoms with Crippen LogP contribution >= 0.6 is 0 Å². The van der Waals surface area contributed by atoms with Gasteiger partial charge in [0.25, 0.3) is 0 Å². The van der Waals surface area contributed by atoms with E-state index in [1.807, 2.05) is 20.8 Å². The highest BCUT2D eigenvalue weighted by Gasteiger charge is 2.44. The summed E-state index contributed by atoms with van der Waals surface area (Å²) < 4.78 is 5.74. The van der Waals surface area contributed by atoms with Crippen LogP contribution in [0, 0.1) is 0 Å². The number of quaternary nitrogens is 1. The summed E-state index contributed by atoms with van der Waals surface area (Å²) in [5.41, 5.74) is 0.662. The first-order chi connectivity index (χ1) is 10.2. The first kappa shape index (κ1) is 17.0. The highest BCUT2D eigenvalue weighted by Crippen LogP contribution is 2.26. The maximum absolute atomic E-state index is 12.8. The van der Waals surface area contributed by atoms with Crippen molar-refractivity contribution in [2.24, 2.45) is 0 Å². The molecule has 7 heteroatoms. The molecule has 0 radical (unpaired) electrons. The van der Waals surface area contributed by atoms with Crippen molar-refractivity contribution in [1.29, 1.82) is 0 Å². The molecule has 1 aliphatic rings. The minimum Gasteiger partial charge on any atom is -0.423 e. The number of hydrogen-bond donors (Lipinski definition) is 3. The van der Waals surface area contributed by atoms with Crippen LogP contribution in [0.25, 0.3) is 0 Å². The van der Waals surface area contributed by atoms with Gasteiger partial charge in [0, 0.05) is 13.1 Å². The van der Waals surface area contributed by atoms with Crippen molar-refractivity contribution in [1.82, 2.24) is 9.80 Å². The molecular weight excluding hydrogens is 283 g/mol. The number of nitrogens with zero attached hydrogens (tertiary/aromatic N) is 1. The van der Waals surface area contributed by atoms with Crippen LogP contribution in [-0.4, -0.2) is 55.0 Å². The Bertz CT molecular complexity index is 519. The van der Waals surface area contributed by atoms with Crippen LogP contribution in [-0.2, 0) is 4.74 Å². The standard InChI is InChI=1S/C15H24BN2O4/c1-15(2,3)22-14(19)18(10-8-17-9-11-18)13-6-4-12(5-7-13)16(20)21/h4-7,17,20-21H,8-11H2,1-3H3/q+1. The Balaban J connectivity index is 2.34. The molecule has 0 unspecified atom stereocenters. The second-order valence-corrected chi connectivity index (χ2v) is 6.61. The highest BCUT2D eigenvalue weighted by molar-refractivity contribution is 6.58. The van der Waals surface area contributed by atoms with Crippen LogP contribution in [0.3, 0.4) is 0 Å². The Morgan fingerprint density at radius 3 is 2.18 bits per heavy atom. The molecule has 1 aromatic rings. The van der Waals surface area contributed by atoms with Crippen molar-refractivity contribution < 1.29 is 19.6 Å². The van der Waals surface area contributed by atoms with Gasteiger partial charge in [-0.2, -0.15) is 9.28 Å². The van der Waals surface area contributed by atoms with Crippen LogP contribution in [0.2, 0.25) is 0 Å². The zero-order valence-corrected chi connectivity index (χ0v) is 13.4. The summed E-state index contributed by atoms with van der Waals surface area (Å²) in [6, 6.07) is 6.80. The van der Waals surface area contributed by atoms with Gasteiger partial charge in [-0.25, -0.2) is 0 Å². The van der Waals surface area contributed by atoms with Crippen molar-refractivity contribution in [2.45, 2.75) is 26.4 Å². The maximum atomic E-state index is 12.8. The molecule has 1 aromatic carbocycles. The zero-order chi connectivity index (χ0) is 16.4. The lowest BCUT2D eigenvalue weighted by atomic mass is 9.80.